The Hall–Kier alpha value is -2.25. The molecule has 0 saturated carbocycles. The van der Waals surface area contributed by atoms with E-state index in [4.69, 9.17) is 0 Å². The van der Waals surface area contributed by atoms with Crippen molar-refractivity contribution >= 4 is 21.6 Å². The van der Waals surface area contributed by atoms with E-state index in [1.807, 2.05) is 0 Å². The van der Waals surface area contributed by atoms with E-state index in [2.05, 4.69) is 15.0 Å². The first-order valence-electron chi connectivity index (χ1n) is 7.15. The molecule has 0 spiro atoms. The minimum absolute atomic E-state index is 0.125. The molecule has 1 aromatic heterocycles. The SMILES string of the molecule is CC(C)(NS(=O)(=O)c1ccc2c(c1)CC(=O)N2)c1ccncc1. The van der Waals surface area contributed by atoms with Gasteiger partial charge in [0.1, 0.15) is 0 Å². The fourth-order valence-electron chi connectivity index (χ4n) is 2.60. The Balaban J connectivity index is 1.91. The lowest BCUT2D eigenvalue weighted by atomic mass is 9.97. The van der Waals surface area contributed by atoms with Crippen molar-refractivity contribution < 1.29 is 13.2 Å². The maximum atomic E-state index is 12.7. The number of sulfonamides is 1. The molecule has 120 valence electrons. The number of amides is 1. The van der Waals surface area contributed by atoms with Crippen molar-refractivity contribution in [3.05, 3.63) is 53.9 Å². The summed E-state index contributed by atoms with van der Waals surface area (Å²) in [5.41, 5.74) is 1.39. The van der Waals surface area contributed by atoms with Crippen LogP contribution in [-0.4, -0.2) is 19.3 Å². The van der Waals surface area contributed by atoms with Crippen LogP contribution in [0.3, 0.4) is 0 Å². The summed E-state index contributed by atoms with van der Waals surface area (Å²) in [6, 6.07) is 8.20. The summed E-state index contributed by atoms with van der Waals surface area (Å²) in [5.74, 6) is -0.125. The molecule has 3 rings (SSSR count). The van der Waals surface area contributed by atoms with Crippen LogP contribution >= 0.6 is 0 Å². The summed E-state index contributed by atoms with van der Waals surface area (Å²) in [7, 11) is -3.71. The van der Waals surface area contributed by atoms with E-state index in [1.165, 1.54) is 12.1 Å². The zero-order valence-electron chi connectivity index (χ0n) is 12.8. The molecule has 1 aliphatic heterocycles. The van der Waals surface area contributed by atoms with E-state index in [0.717, 1.165) is 5.56 Å². The number of carbonyl (C=O) groups excluding carboxylic acids is 1. The number of anilines is 1. The molecular formula is C16H17N3O3S. The van der Waals surface area contributed by atoms with E-state index in [-0.39, 0.29) is 17.2 Å². The van der Waals surface area contributed by atoms with Crippen LogP contribution in [0.1, 0.15) is 25.0 Å². The third-order valence-corrected chi connectivity index (χ3v) is 5.46. The van der Waals surface area contributed by atoms with Gasteiger partial charge in [-0.25, -0.2) is 13.1 Å². The lowest BCUT2D eigenvalue weighted by Gasteiger charge is -2.26. The minimum Gasteiger partial charge on any atom is -0.326 e. The van der Waals surface area contributed by atoms with Gasteiger partial charge in [-0.05, 0) is 55.3 Å². The van der Waals surface area contributed by atoms with Gasteiger partial charge < -0.3 is 5.32 Å². The Labute approximate surface area is 135 Å². The van der Waals surface area contributed by atoms with Crippen LogP contribution in [0.4, 0.5) is 5.69 Å². The topological polar surface area (TPSA) is 88.2 Å². The van der Waals surface area contributed by atoms with Crippen molar-refractivity contribution in [3.8, 4) is 0 Å². The molecule has 23 heavy (non-hydrogen) atoms. The highest BCUT2D eigenvalue weighted by atomic mass is 32.2. The second kappa shape index (κ2) is 5.43. The highest BCUT2D eigenvalue weighted by Gasteiger charge is 2.29. The lowest BCUT2D eigenvalue weighted by molar-refractivity contribution is -0.115. The molecule has 0 aliphatic carbocycles. The number of rotatable bonds is 4. The van der Waals surface area contributed by atoms with Crippen molar-refractivity contribution in [1.82, 2.24) is 9.71 Å². The van der Waals surface area contributed by atoms with E-state index in [1.54, 1.807) is 44.4 Å². The molecule has 0 radical (unpaired) electrons. The second-order valence-electron chi connectivity index (χ2n) is 6.01. The summed E-state index contributed by atoms with van der Waals surface area (Å²) < 4.78 is 28.0. The number of benzene rings is 1. The van der Waals surface area contributed by atoms with Crippen LogP contribution in [0.2, 0.25) is 0 Å². The van der Waals surface area contributed by atoms with Gasteiger partial charge >= 0.3 is 0 Å². The molecular weight excluding hydrogens is 314 g/mol. The molecule has 0 unspecified atom stereocenters. The van der Waals surface area contributed by atoms with Crippen molar-refractivity contribution in [3.63, 3.8) is 0 Å². The van der Waals surface area contributed by atoms with Gasteiger partial charge in [-0.3, -0.25) is 9.78 Å². The van der Waals surface area contributed by atoms with Crippen LogP contribution in [0, 0.1) is 0 Å². The second-order valence-corrected chi connectivity index (χ2v) is 7.69. The average molecular weight is 331 g/mol. The normalized spacial score (nSPS) is 14.4. The Morgan fingerprint density at radius 3 is 2.57 bits per heavy atom. The third-order valence-electron chi connectivity index (χ3n) is 3.80. The predicted molar refractivity (Wildman–Crippen MR) is 86.4 cm³/mol. The van der Waals surface area contributed by atoms with Crippen LogP contribution in [0.25, 0.3) is 0 Å². The van der Waals surface area contributed by atoms with E-state index in [0.29, 0.717) is 11.3 Å². The number of hydrogen-bond donors (Lipinski definition) is 2. The highest BCUT2D eigenvalue weighted by Crippen LogP contribution is 2.27. The smallest absolute Gasteiger partial charge is 0.241 e. The average Bonchev–Trinajstić information content (AvgIpc) is 2.86. The molecule has 7 heteroatoms. The molecule has 1 aliphatic rings. The van der Waals surface area contributed by atoms with Crippen LogP contribution in [-0.2, 0) is 26.8 Å². The molecule has 2 heterocycles. The van der Waals surface area contributed by atoms with Crippen LogP contribution in [0.15, 0.2) is 47.6 Å². The molecule has 1 amide bonds. The van der Waals surface area contributed by atoms with E-state index in [9.17, 15) is 13.2 Å². The Bertz CT molecular complexity index is 861. The predicted octanol–water partition coefficient (Wildman–Crippen LogP) is 1.79. The van der Waals surface area contributed by atoms with Gasteiger partial charge in [-0.15, -0.1) is 0 Å². The zero-order chi connectivity index (χ0) is 16.7. The number of aromatic nitrogens is 1. The Kier molecular flexibility index (Phi) is 3.69. The lowest BCUT2D eigenvalue weighted by Crippen LogP contribution is -2.40. The maximum Gasteiger partial charge on any atom is 0.241 e. The summed E-state index contributed by atoms with van der Waals surface area (Å²) in [6.07, 6.45) is 3.45. The van der Waals surface area contributed by atoms with Crippen molar-refractivity contribution in [1.29, 1.82) is 0 Å². The number of carbonyl (C=O) groups is 1. The van der Waals surface area contributed by atoms with Gasteiger partial charge in [0, 0.05) is 18.1 Å². The molecule has 0 atom stereocenters. The van der Waals surface area contributed by atoms with E-state index >= 15 is 0 Å². The Morgan fingerprint density at radius 2 is 1.87 bits per heavy atom. The standard InChI is InChI=1S/C16H17N3O3S/c1-16(2,12-5-7-17-8-6-12)19-23(21,22)13-3-4-14-11(9-13)10-15(20)18-14/h3-9,19H,10H2,1-2H3,(H,18,20). The van der Waals surface area contributed by atoms with Crippen molar-refractivity contribution in [2.75, 3.05) is 5.32 Å². The third kappa shape index (κ3) is 3.11. The quantitative estimate of drug-likeness (QED) is 0.894. The minimum atomic E-state index is -3.71. The monoisotopic (exact) mass is 331 g/mol. The summed E-state index contributed by atoms with van der Waals surface area (Å²) in [6.45, 7) is 3.58. The fourth-order valence-corrected chi connectivity index (χ4v) is 4.05. The van der Waals surface area contributed by atoms with E-state index < -0.39 is 15.6 Å². The molecule has 0 fully saturated rings. The van der Waals surface area contributed by atoms with Crippen LogP contribution in [0.5, 0.6) is 0 Å². The van der Waals surface area contributed by atoms with Gasteiger partial charge in [0.25, 0.3) is 0 Å². The highest BCUT2D eigenvalue weighted by molar-refractivity contribution is 7.89. The first-order chi connectivity index (χ1) is 10.8. The summed E-state index contributed by atoms with van der Waals surface area (Å²) in [4.78, 5) is 15.5. The molecule has 1 aromatic carbocycles. The van der Waals surface area contributed by atoms with Gasteiger partial charge in [-0.1, -0.05) is 0 Å². The number of pyridine rings is 1. The molecule has 2 aromatic rings. The molecule has 0 bridgehead atoms. The zero-order valence-corrected chi connectivity index (χ0v) is 13.6. The van der Waals surface area contributed by atoms with Gasteiger partial charge in [0.05, 0.1) is 16.9 Å². The van der Waals surface area contributed by atoms with Gasteiger partial charge in [0.2, 0.25) is 15.9 Å². The molecule has 2 N–H and O–H groups in total. The van der Waals surface area contributed by atoms with Gasteiger partial charge in [-0.2, -0.15) is 0 Å². The maximum absolute atomic E-state index is 12.7. The first-order valence-corrected chi connectivity index (χ1v) is 8.63. The molecule has 6 nitrogen and oxygen atoms in total. The Morgan fingerprint density at radius 1 is 1.17 bits per heavy atom. The van der Waals surface area contributed by atoms with Gasteiger partial charge in [0.15, 0.2) is 0 Å². The number of hydrogen-bond acceptors (Lipinski definition) is 4. The first kappa shape index (κ1) is 15.6. The van der Waals surface area contributed by atoms with Crippen molar-refractivity contribution in [2.45, 2.75) is 30.7 Å². The van der Waals surface area contributed by atoms with Crippen molar-refractivity contribution in [2.24, 2.45) is 0 Å². The summed E-state index contributed by atoms with van der Waals surface area (Å²) in [5, 5.41) is 2.69. The number of nitrogens with one attached hydrogen (secondary N) is 2. The summed E-state index contributed by atoms with van der Waals surface area (Å²) >= 11 is 0. The largest absolute Gasteiger partial charge is 0.326 e. The number of nitrogens with zero attached hydrogens (tertiary/aromatic N) is 1. The molecule has 0 saturated heterocycles. The van der Waals surface area contributed by atoms with Crippen LogP contribution < -0.4 is 10.0 Å². The fraction of sp³-hybridized carbons (Fsp3) is 0.250. The number of fused-ring (bicyclic) bond motifs is 1.